The number of ether oxygens (including phenoxy) is 1. The van der Waals surface area contributed by atoms with Crippen molar-refractivity contribution in [2.45, 2.75) is 70.7 Å². The van der Waals surface area contributed by atoms with Crippen LogP contribution in [0.5, 0.6) is 5.75 Å². The van der Waals surface area contributed by atoms with E-state index in [2.05, 4.69) is 4.98 Å². The Balaban J connectivity index is 0.00000384. The molecule has 0 N–H and O–H groups in total. The van der Waals surface area contributed by atoms with E-state index in [1.165, 1.54) is 6.20 Å². The van der Waals surface area contributed by atoms with Gasteiger partial charge in [-0.1, -0.05) is 37.3 Å². The van der Waals surface area contributed by atoms with Crippen molar-refractivity contribution in [1.29, 1.82) is 0 Å². The smallest absolute Gasteiger partial charge is 0.550 e. The zero-order chi connectivity index (χ0) is 30.5. The van der Waals surface area contributed by atoms with Crippen LogP contribution >= 0.6 is 0 Å². The predicted octanol–water partition coefficient (Wildman–Crippen LogP) is 3.53. The molecule has 1 aliphatic carbocycles. The molecule has 2 aliphatic heterocycles. The van der Waals surface area contributed by atoms with Crippen LogP contribution in [0.25, 0.3) is 11.1 Å². The monoisotopic (exact) mass is 618 g/mol. The predicted molar refractivity (Wildman–Crippen MR) is 152 cm³/mol. The van der Waals surface area contributed by atoms with E-state index in [-0.39, 0.29) is 61.1 Å². The molecule has 3 heterocycles. The van der Waals surface area contributed by atoms with Crippen molar-refractivity contribution in [3.05, 3.63) is 82.4 Å². The standard InChI is InChI=1S/C34H36F4N2O3.Na/c1-19-13-28(29(35)16-39-19)27-9-7-23(14-25(27)17-40-12-11-26(18-40)34(36,37)38)30-10-8-21-3-6-24(15-31(21)43-30)32(22-4-5-22)20(2)33(41)42;/h3,6-7,9,13-16,20,22,26,30,32H,4-5,8,10-12,17-18H2,1-2H3,(H,41,42);/q;+1/p-1/t20-,26+,30?,32-;/m0./s1. The Labute approximate surface area is 277 Å². The summed E-state index contributed by atoms with van der Waals surface area (Å²) in [7, 11) is 0. The van der Waals surface area contributed by atoms with Gasteiger partial charge in [0.05, 0.1) is 12.1 Å². The molecule has 0 amide bonds. The maximum Gasteiger partial charge on any atom is 1.00 e. The number of alkyl halides is 3. The largest absolute Gasteiger partial charge is 1.00 e. The van der Waals surface area contributed by atoms with E-state index in [0.29, 0.717) is 35.7 Å². The zero-order valence-electron chi connectivity index (χ0n) is 25.3. The molecule has 2 aromatic carbocycles. The second-order valence-corrected chi connectivity index (χ2v) is 12.5. The second-order valence-electron chi connectivity index (χ2n) is 12.5. The van der Waals surface area contributed by atoms with Crippen molar-refractivity contribution in [1.82, 2.24) is 9.88 Å². The van der Waals surface area contributed by atoms with Crippen molar-refractivity contribution >= 4 is 5.97 Å². The number of likely N-dealkylation sites (tertiary alicyclic amines) is 1. The molecular formula is C34H35F4N2NaO3. The van der Waals surface area contributed by atoms with Crippen molar-refractivity contribution in [3.8, 4) is 16.9 Å². The first-order chi connectivity index (χ1) is 20.5. The Hall–Kier alpha value is -2.46. The van der Waals surface area contributed by atoms with E-state index in [0.717, 1.165) is 47.3 Å². The summed E-state index contributed by atoms with van der Waals surface area (Å²) in [5.74, 6) is -2.61. The number of aromatic nitrogens is 1. The van der Waals surface area contributed by atoms with Crippen LogP contribution in [0.2, 0.25) is 0 Å². The molecule has 3 aliphatic rings. The molecule has 228 valence electrons. The number of carbonyl (C=O) groups is 1. The quantitative estimate of drug-likeness (QED) is 0.286. The number of fused-ring (bicyclic) bond motifs is 1. The Bertz CT molecular complexity index is 1530. The average Bonchev–Trinajstić information content (AvgIpc) is 3.68. The van der Waals surface area contributed by atoms with Gasteiger partial charge in [-0.2, -0.15) is 13.2 Å². The van der Waals surface area contributed by atoms with Gasteiger partial charge in [-0.05, 0) is 97.4 Å². The molecule has 3 aromatic rings. The minimum absolute atomic E-state index is 0. The molecule has 1 saturated carbocycles. The molecule has 44 heavy (non-hydrogen) atoms. The van der Waals surface area contributed by atoms with E-state index in [4.69, 9.17) is 4.74 Å². The van der Waals surface area contributed by atoms with Crippen molar-refractivity contribution in [2.75, 3.05) is 13.1 Å². The normalized spacial score (nSPS) is 21.6. The van der Waals surface area contributed by atoms with E-state index < -0.39 is 29.8 Å². The van der Waals surface area contributed by atoms with Gasteiger partial charge in [-0.25, -0.2) is 4.39 Å². The number of rotatable bonds is 8. The van der Waals surface area contributed by atoms with E-state index >= 15 is 0 Å². The first kappa shape index (κ1) is 32.9. The van der Waals surface area contributed by atoms with Crippen LogP contribution in [0.1, 0.15) is 72.6 Å². The number of hydrogen-bond acceptors (Lipinski definition) is 5. The van der Waals surface area contributed by atoms with Gasteiger partial charge in [0, 0.05) is 36.2 Å². The topological polar surface area (TPSA) is 65.5 Å². The minimum Gasteiger partial charge on any atom is -0.550 e. The Morgan fingerprint density at radius 1 is 1.09 bits per heavy atom. The van der Waals surface area contributed by atoms with Crippen LogP contribution < -0.4 is 39.4 Å². The summed E-state index contributed by atoms with van der Waals surface area (Å²) < 4.78 is 61.7. The molecule has 0 radical (unpaired) electrons. The van der Waals surface area contributed by atoms with E-state index in [1.54, 1.807) is 24.8 Å². The number of carboxylic acids is 1. The molecule has 0 bridgehead atoms. The second kappa shape index (κ2) is 13.1. The van der Waals surface area contributed by atoms with Crippen LogP contribution in [-0.2, 0) is 17.8 Å². The number of nitrogens with zero attached hydrogens (tertiary/aromatic N) is 2. The summed E-state index contributed by atoms with van der Waals surface area (Å²) in [6, 6.07) is 13.3. The summed E-state index contributed by atoms with van der Waals surface area (Å²) in [6.07, 6.45) is 0.130. The van der Waals surface area contributed by atoms with E-state index in [9.17, 15) is 27.5 Å². The molecule has 10 heteroatoms. The number of hydrogen-bond donors (Lipinski definition) is 0. The van der Waals surface area contributed by atoms with Gasteiger partial charge in [-0.15, -0.1) is 0 Å². The van der Waals surface area contributed by atoms with Crippen molar-refractivity contribution < 1.29 is 61.8 Å². The van der Waals surface area contributed by atoms with Crippen LogP contribution in [0.15, 0.2) is 48.7 Å². The number of pyridine rings is 1. The molecule has 1 unspecified atom stereocenters. The van der Waals surface area contributed by atoms with Crippen LogP contribution in [0.4, 0.5) is 17.6 Å². The molecule has 5 nitrogen and oxygen atoms in total. The Morgan fingerprint density at radius 2 is 1.86 bits per heavy atom. The third kappa shape index (κ3) is 7.01. The summed E-state index contributed by atoms with van der Waals surface area (Å²) in [6.45, 7) is 3.96. The Kier molecular flexibility index (Phi) is 9.81. The first-order valence-electron chi connectivity index (χ1n) is 15.0. The number of aryl methyl sites for hydroxylation is 2. The van der Waals surface area contributed by atoms with Gasteiger partial charge >= 0.3 is 35.7 Å². The van der Waals surface area contributed by atoms with Gasteiger partial charge in [0.15, 0.2) is 0 Å². The van der Waals surface area contributed by atoms with Gasteiger partial charge in [0.2, 0.25) is 0 Å². The Morgan fingerprint density at radius 3 is 2.55 bits per heavy atom. The fraction of sp³-hybridized carbons (Fsp3) is 0.471. The van der Waals surface area contributed by atoms with Gasteiger partial charge in [-0.3, -0.25) is 9.88 Å². The van der Waals surface area contributed by atoms with E-state index in [1.807, 2.05) is 36.4 Å². The fourth-order valence-corrected chi connectivity index (χ4v) is 6.84. The number of benzene rings is 2. The maximum atomic E-state index is 15.0. The van der Waals surface area contributed by atoms with Crippen LogP contribution in [0.3, 0.4) is 0 Å². The molecule has 6 rings (SSSR count). The number of halogens is 4. The van der Waals surface area contributed by atoms with Gasteiger partial charge < -0.3 is 14.6 Å². The zero-order valence-corrected chi connectivity index (χ0v) is 27.3. The number of aliphatic carboxylic acids is 1. The molecule has 4 atom stereocenters. The first-order valence-corrected chi connectivity index (χ1v) is 15.0. The third-order valence-electron chi connectivity index (χ3n) is 9.37. The number of carboxylic acid groups (broad SMARTS) is 1. The average molecular weight is 619 g/mol. The number of carbonyl (C=O) groups excluding carboxylic acids is 1. The maximum absolute atomic E-state index is 15.0. The van der Waals surface area contributed by atoms with Crippen molar-refractivity contribution in [2.24, 2.45) is 17.8 Å². The third-order valence-corrected chi connectivity index (χ3v) is 9.37. The van der Waals surface area contributed by atoms with Gasteiger partial charge in [0.25, 0.3) is 0 Å². The molecule has 0 spiro atoms. The van der Waals surface area contributed by atoms with Crippen LogP contribution in [-0.4, -0.2) is 35.1 Å². The molecular weight excluding hydrogens is 583 g/mol. The minimum atomic E-state index is -4.24. The summed E-state index contributed by atoms with van der Waals surface area (Å²) >= 11 is 0. The SMILES string of the molecule is Cc1cc(-c2ccc(C3CCc4ccc([C@H](C5CC5)[C@H](C)C(=O)[O-])cc4O3)cc2CN2CC[C@@H](C(F)(F)F)C2)c(F)cn1.[Na+]. The summed E-state index contributed by atoms with van der Waals surface area (Å²) in [5.41, 5.74) is 5.24. The summed E-state index contributed by atoms with van der Waals surface area (Å²) in [4.78, 5) is 17.6. The fourth-order valence-electron chi connectivity index (χ4n) is 6.84. The molecule has 1 aromatic heterocycles. The van der Waals surface area contributed by atoms with Crippen molar-refractivity contribution in [3.63, 3.8) is 0 Å². The molecule has 1 saturated heterocycles. The van der Waals surface area contributed by atoms with Gasteiger partial charge in [0.1, 0.15) is 17.7 Å². The molecule has 2 fully saturated rings. The summed E-state index contributed by atoms with van der Waals surface area (Å²) in [5, 5.41) is 11.7. The van der Waals surface area contributed by atoms with Crippen LogP contribution in [0, 0.1) is 30.5 Å².